The van der Waals surface area contributed by atoms with Crippen LogP contribution < -0.4 is 0 Å². The van der Waals surface area contributed by atoms with Crippen molar-refractivity contribution in [2.75, 3.05) is 26.4 Å². The Kier molecular flexibility index (Phi) is 11.1. The van der Waals surface area contributed by atoms with Crippen LogP contribution in [0.4, 0.5) is 0 Å². The van der Waals surface area contributed by atoms with Gasteiger partial charge in [-0.15, -0.1) is 0 Å². The lowest BCUT2D eigenvalue weighted by Gasteiger charge is -2.31. The van der Waals surface area contributed by atoms with Gasteiger partial charge in [0, 0.05) is 12.3 Å². The highest BCUT2D eigenvalue weighted by atomic mass is 16.7. The maximum Gasteiger partial charge on any atom is 0.160 e. The monoisotopic (exact) mass is 438 g/mol. The highest BCUT2D eigenvalue weighted by molar-refractivity contribution is 4.85. The lowest BCUT2D eigenvalue weighted by Crippen LogP contribution is -2.34. The van der Waals surface area contributed by atoms with Crippen LogP contribution >= 0.6 is 0 Å². The van der Waals surface area contributed by atoms with E-state index in [2.05, 4.69) is 27.7 Å². The Hall–Kier alpha value is -0.160. The molecule has 4 rings (SSSR count). The van der Waals surface area contributed by atoms with Gasteiger partial charge in [0.2, 0.25) is 0 Å². The van der Waals surface area contributed by atoms with Crippen molar-refractivity contribution in [2.24, 2.45) is 35.5 Å². The standard InChI is InChI=1S/C14H26O2.C13H24O2/c1-3-11-8-12(4-2)13(9-11)10-14-15-6-5-7-16-14;1-3-10-8-11(4-2)12(9-10)13-14-6-5-7-15-13/h11-14H,3-10H2,1-2H3;10-13H,3-9H2,1-2H3. The van der Waals surface area contributed by atoms with E-state index >= 15 is 0 Å². The molecule has 2 aliphatic heterocycles. The average molecular weight is 439 g/mol. The van der Waals surface area contributed by atoms with E-state index in [0.717, 1.165) is 75.3 Å². The number of rotatable bonds is 7. The van der Waals surface area contributed by atoms with Crippen molar-refractivity contribution in [1.82, 2.24) is 0 Å². The molecule has 0 amide bonds. The molecule has 31 heavy (non-hydrogen) atoms. The topological polar surface area (TPSA) is 36.9 Å². The summed E-state index contributed by atoms with van der Waals surface area (Å²) in [5, 5.41) is 0. The molecular weight excluding hydrogens is 388 g/mol. The fraction of sp³-hybridized carbons (Fsp3) is 1.00. The van der Waals surface area contributed by atoms with Gasteiger partial charge >= 0.3 is 0 Å². The first kappa shape index (κ1) is 25.5. The largest absolute Gasteiger partial charge is 0.353 e. The fourth-order valence-electron chi connectivity index (χ4n) is 6.55. The van der Waals surface area contributed by atoms with E-state index in [0.29, 0.717) is 5.92 Å². The van der Waals surface area contributed by atoms with Crippen LogP contribution in [0.2, 0.25) is 0 Å². The molecule has 2 saturated carbocycles. The first-order valence-electron chi connectivity index (χ1n) is 13.6. The van der Waals surface area contributed by atoms with Gasteiger partial charge in [0.05, 0.1) is 26.4 Å². The Bertz CT molecular complexity index is 472. The lowest BCUT2D eigenvalue weighted by atomic mass is 9.90. The molecule has 4 aliphatic rings. The van der Waals surface area contributed by atoms with Crippen LogP contribution in [-0.4, -0.2) is 39.0 Å². The predicted octanol–water partition coefficient (Wildman–Crippen LogP) is 6.81. The van der Waals surface area contributed by atoms with E-state index in [4.69, 9.17) is 18.9 Å². The van der Waals surface area contributed by atoms with Crippen molar-refractivity contribution >= 4 is 0 Å². The van der Waals surface area contributed by atoms with Crippen LogP contribution in [0.5, 0.6) is 0 Å². The molecule has 6 atom stereocenters. The molecule has 0 N–H and O–H groups in total. The average Bonchev–Trinajstić information content (AvgIpc) is 3.44. The molecule has 2 saturated heterocycles. The Morgan fingerprint density at radius 1 is 0.548 bits per heavy atom. The molecule has 0 radical (unpaired) electrons. The zero-order valence-electron chi connectivity index (χ0n) is 20.9. The number of hydrogen-bond donors (Lipinski definition) is 0. The normalized spacial score (nSPS) is 37.5. The van der Waals surface area contributed by atoms with Crippen LogP contribution in [-0.2, 0) is 18.9 Å². The molecule has 2 aliphatic carbocycles. The Labute approximate surface area is 192 Å². The van der Waals surface area contributed by atoms with E-state index in [1.165, 1.54) is 51.4 Å². The second kappa shape index (κ2) is 13.5. The van der Waals surface area contributed by atoms with Crippen molar-refractivity contribution in [1.29, 1.82) is 0 Å². The van der Waals surface area contributed by atoms with Crippen LogP contribution in [0.1, 0.15) is 98.3 Å². The second-order valence-corrected chi connectivity index (χ2v) is 10.5. The molecular formula is C27H50O4. The highest BCUT2D eigenvalue weighted by Crippen LogP contribution is 2.44. The van der Waals surface area contributed by atoms with E-state index < -0.39 is 0 Å². The molecule has 0 bridgehead atoms. The van der Waals surface area contributed by atoms with Gasteiger partial charge in [0.15, 0.2) is 12.6 Å². The van der Waals surface area contributed by atoms with Crippen LogP contribution in [0, 0.1) is 35.5 Å². The number of ether oxygens (including phenoxy) is 4. The van der Waals surface area contributed by atoms with Gasteiger partial charge in [-0.1, -0.05) is 53.4 Å². The summed E-state index contributed by atoms with van der Waals surface area (Å²) >= 11 is 0. The molecule has 182 valence electrons. The minimum Gasteiger partial charge on any atom is -0.353 e. The summed E-state index contributed by atoms with van der Waals surface area (Å²) in [5.74, 6) is 5.13. The second-order valence-electron chi connectivity index (χ2n) is 10.5. The van der Waals surface area contributed by atoms with Gasteiger partial charge in [-0.2, -0.15) is 0 Å². The van der Waals surface area contributed by atoms with Crippen molar-refractivity contribution < 1.29 is 18.9 Å². The first-order chi connectivity index (χ1) is 15.2. The molecule has 4 heteroatoms. The van der Waals surface area contributed by atoms with Gasteiger partial charge in [-0.25, -0.2) is 0 Å². The van der Waals surface area contributed by atoms with Gasteiger partial charge < -0.3 is 18.9 Å². The third-order valence-electron chi connectivity index (χ3n) is 8.58. The molecule has 0 aromatic carbocycles. The van der Waals surface area contributed by atoms with Crippen molar-refractivity contribution in [2.45, 2.75) is 111 Å². The van der Waals surface area contributed by atoms with Gasteiger partial charge in [-0.05, 0) is 68.1 Å². The molecule has 0 aromatic heterocycles. The Morgan fingerprint density at radius 3 is 1.65 bits per heavy atom. The summed E-state index contributed by atoms with van der Waals surface area (Å²) in [6.45, 7) is 12.9. The SMILES string of the molecule is CCC1CC(CC)C(C2OCCCO2)C1.CCC1CC(CC)C(CC2OCCCO2)C1. The predicted molar refractivity (Wildman–Crippen MR) is 126 cm³/mol. The van der Waals surface area contributed by atoms with Gasteiger partial charge in [0.25, 0.3) is 0 Å². The van der Waals surface area contributed by atoms with E-state index in [1.54, 1.807) is 0 Å². The summed E-state index contributed by atoms with van der Waals surface area (Å²) in [6, 6.07) is 0. The smallest absolute Gasteiger partial charge is 0.160 e. The molecule has 4 nitrogen and oxygen atoms in total. The van der Waals surface area contributed by atoms with E-state index in [9.17, 15) is 0 Å². The third kappa shape index (κ3) is 7.42. The summed E-state index contributed by atoms with van der Waals surface area (Å²) in [4.78, 5) is 0. The molecule has 0 aromatic rings. The lowest BCUT2D eigenvalue weighted by molar-refractivity contribution is -0.210. The van der Waals surface area contributed by atoms with E-state index in [1.807, 2.05) is 0 Å². The maximum absolute atomic E-state index is 5.76. The minimum atomic E-state index is 0.100. The Balaban J connectivity index is 0.000000176. The van der Waals surface area contributed by atoms with Gasteiger partial charge in [-0.3, -0.25) is 0 Å². The van der Waals surface area contributed by atoms with E-state index in [-0.39, 0.29) is 12.6 Å². The summed E-state index contributed by atoms with van der Waals surface area (Å²) in [5.41, 5.74) is 0. The van der Waals surface area contributed by atoms with Crippen molar-refractivity contribution in [3.8, 4) is 0 Å². The molecule has 4 fully saturated rings. The molecule has 6 unspecified atom stereocenters. The summed E-state index contributed by atoms with van der Waals surface area (Å²) in [6.07, 6.45) is 14.3. The fourth-order valence-corrected chi connectivity index (χ4v) is 6.55. The minimum absolute atomic E-state index is 0.100. The quantitative estimate of drug-likeness (QED) is 0.437. The number of hydrogen-bond acceptors (Lipinski definition) is 4. The summed E-state index contributed by atoms with van der Waals surface area (Å²) in [7, 11) is 0. The van der Waals surface area contributed by atoms with Gasteiger partial charge in [0.1, 0.15) is 0 Å². The first-order valence-corrected chi connectivity index (χ1v) is 13.6. The highest BCUT2D eigenvalue weighted by Gasteiger charge is 2.39. The van der Waals surface area contributed by atoms with Crippen LogP contribution in [0.3, 0.4) is 0 Å². The summed E-state index contributed by atoms with van der Waals surface area (Å²) < 4.78 is 22.9. The molecule has 2 heterocycles. The van der Waals surface area contributed by atoms with Crippen LogP contribution in [0.15, 0.2) is 0 Å². The zero-order valence-corrected chi connectivity index (χ0v) is 20.9. The maximum atomic E-state index is 5.76. The third-order valence-corrected chi connectivity index (χ3v) is 8.58. The van der Waals surface area contributed by atoms with Crippen molar-refractivity contribution in [3.05, 3.63) is 0 Å². The zero-order chi connectivity index (χ0) is 22.1. The van der Waals surface area contributed by atoms with Crippen LogP contribution in [0.25, 0.3) is 0 Å². The van der Waals surface area contributed by atoms with Crippen molar-refractivity contribution in [3.63, 3.8) is 0 Å². The molecule has 0 spiro atoms. The Morgan fingerprint density at radius 2 is 1.06 bits per heavy atom.